The highest BCUT2D eigenvalue weighted by atomic mass is 35.5. The minimum atomic E-state index is 0.758. The van der Waals surface area contributed by atoms with Gasteiger partial charge in [-0.3, -0.25) is 4.98 Å². The van der Waals surface area contributed by atoms with Gasteiger partial charge in [-0.05, 0) is 30.5 Å². The molecule has 0 N–H and O–H groups in total. The van der Waals surface area contributed by atoms with E-state index >= 15 is 0 Å². The maximum atomic E-state index is 5.92. The fourth-order valence-corrected chi connectivity index (χ4v) is 2.65. The Balaban J connectivity index is 1.66. The van der Waals surface area contributed by atoms with Gasteiger partial charge in [-0.2, -0.15) is 0 Å². The summed E-state index contributed by atoms with van der Waals surface area (Å²) in [6.07, 6.45) is 6.32. The second kappa shape index (κ2) is 6.92. The molecule has 3 nitrogen and oxygen atoms in total. The van der Waals surface area contributed by atoms with Gasteiger partial charge in [0, 0.05) is 48.6 Å². The Morgan fingerprint density at radius 3 is 2.57 bits per heavy atom. The minimum Gasteiger partial charge on any atom is -0.406 e. The molecule has 1 fully saturated rings. The van der Waals surface area contributed by atoms with Crippen LogP contribution in [0.25, 0.3) is 0 Å². The van der Waals surface area contributed by atoms with Crippen molar-refractivity contribution < 1.29 is 4.84 Å². The summed E-state index contributed by atoms with van der Waals surface area (Å²) >= 11 is 5.91. The number of nitrogens with zero attached hydrogens (tertiary/aromatic N) is 2. The summed E-state index contributed by atoms with van der Waals surface area (Å²) in [5.74, 6) is 0.871. The van der Waals surface area contributed by atoms with E-state index in [2.05, 4.69) is 4.98 Å². The Hall–Kier alpha value is -1.58. The number of benzene rings is 1. The molecule has 1 aliphatic heterocycles. The molecule has 2 heterocycles. The Labute approximate surface area is 130 Å². The maximum absolute atomic E-state index is 5.92. The second-order valence-electron chi connectivity index (χ2n) is 5.37. The average Bonchev–Trinajstić information content (AvgIpc) is 2.51. The second-order valence-corrected chi connectivity index (χ2v) is 5.80. The van der Waals surface area contributed by atoms with E-state index in [0.717, 1.165) is 36.0 Å². The first kappa shape index (κ1) is 14.4. The summed E-state index contributed by atoms with van der Waals surface area (Å²) in [6.45, 7) is 2.02. The van der Waals surface area contributed by atoms with E-state index in [1.807, 2.05) is 47.7 Å². The molecule has 3 rings (SSSR count). The zero-order chi connectivity index (χ0) is 14.5. The topological polar surface area (TPSA) is 25.4 Å². The molecular formula is C17H19ClN2O. The Bertz CT molecular complexity index is 580. The molecule has 1 aliphatic rings. The first-order chi connectivity index (χ1) is 10.3. The van der Waals surface area contributed by atoms with E-state index in [1.54, 1.807) is 0 Å². The van der Waals surface area contributed by atoms with Crippen molar-refractivity contribution >= 4 is 11.6 Å². The predicted octanol–water partition coefficient (Wildman–Crippen LogP) is 4.11. The molecule has 110 valence electrons. The van der Waals surface area contributed by atoms with Crippen LogP contribution in [0.1, 0.15) is 30.5 Å². The summed E-state index contributed by atoms with van der Waals surface area (Å²) in [6, 6.07) is 11.8. The lowest BCUT2D eigenvalue weighted by Gasteiger charge is -2.26. The Kier molecular flexibility index (Phi) is 4.73. The molecule has 0 unspecified atom stereocenters. The molecule has 4 heteroatoms. The molecule has 2 aromatic rings. The van der Waals surface area contributed by atoms with Crippen LogP contribution in [0.4, 0.5) is 0 Å². The summed E-state index contributed by atoms with van der Waals surface area (Å²) in [4.78, 5) is 10.3. The van der Waals surface area contributed by atoms with Gasteiger partial charge >= 0.3 is 0 Å². The molecule has 0 atom stereocenters. The van der Waals surface area contributed by atoms with Gasteiger partial charge in [0.15, 0.2) is 5.75 Å². The summed E-state index contributed by atoms with van der Waals surface area (Å²) in [7, 11) is 0. The number of hydroxylamine groups is 2. The van der Waals surface area contributed by atoms with Crippen molar-refractivity contribution in [2.24, 2.45) is 0 Å². The number of aromatic nitrogens is 1. The van der Waals surface area contributed by atoms with Gasteiger partial charge in [-0.15, -0.1) is 5.06 Å². The quantitative estimate of drug-likeness (QED) is 0.850. The van der Waals surface area contributed by atoms with Crippen molar-refractivity contribution in [1.29, 1.82) is 0 Å². The van der Waals surface area contributed by atoms with E-state index in [4.69, 9.17) is 16.4 Å². The van der Waals surface area contributed by atoms with Crippen molar-refractivity contribution in [3.05, 3.63) is 58.9 Å². The van der Waals surface area contributed by atoms with Crippen molar-refractivity contribution in [3.8, 4) is 5.75 Å². The molecule has 0 amide bonds. The van der Waals surface area contributed by atoms with Crippen molar-refractivity contribution in [3.63, 3.8) is 0 Å². The third-order valence-corrected chi connectivity index (χ3v) is 3.89. The van der Waals surface area contributed by atoms with Gasteiger partial charge in [-0.1, -0.05) is 30.2 Å². The lowest BCUT2D eigenvalue weighted by atomic mass is 10.1. The van der Waals surface area contributed by atoms with Gasteiger partial charge in [-0.25, -0.2) is 0 Å². The number of halogens is 1. The van der Waals surface area contributed by atoms with Crippen LogP contribution in [0.3, 0.4) is 0 Å². The van der Waals surface area contributed by atoms with Crippen LogP contribution in [0, 0.1) is 0 Å². The minimum absolute atomic E-state index is 0.758. The monoisotopic (exact) mass is 302 g/mol. The van der Waals surface area contributed by atoms with E-state index < -0.39 is 0 Å². The van der Waals surface area contributed by atoms with Crippen LogP contribution in [-0.2, 0) is 6.42 Å². The lowest BCUT2D eigenvalue weighted by Crippen LogP contribution is -2.32. The van der Waals surface area contributed by atoms with Crippen molar-refractivity contribution in [2.75, 3.05) is 13.1 Å². The maximum Gasteiger partial charge on any atom is 0.150 e. The Morgan fingerprint density at radius 1 is 1.05 bits per heavy atom. The van der Waals surface area contributed by atoms with Crippen LogP contribution in [0.5, 0.6) is 5.75 Å². The first-order valence-electron chi connectivity index (χ1n) is 7.42. The van der Waals surface area contributed by atoms with Crippen molar-refractivity contribution in [1.82, 2.24) is 10.0 Å². The van der Waals surface area contributed by atoms with E-state index in [-0.39, 0.29) is 0 Å². The number of hydrogen-bond acceptors (Lipinski definition) is 3. The predicted molar refractivity (Wildman–Crippen MR) is 84.5 cm³/mol. The number of piperidine rings is 1. The average molecular weight is 303 g/mol. The van der Waals surface area contributed by atoms with Gasteiger partial charge in [0.1, 0.15) is 0 Å². The van der Waals surface area contributed by atoms with E-state index in [0.29, 0.717) is 0 Å². The normalized spacial score (nSPS) is 15.9. The smallest absolute Gasteiger partial charge is 0.150 e. The largest absolute Gasteiger partial charge is 0.406 e. The summed E-state index contributed by atoms with van der Waals surface area (Å²) in [5, 5.41) is 2.80. The summed E-state index contributed by atoms with van der Waals surface area (Å²) < 4.78 is 0. The van der Waals surface area contributed by atoms with Crippen LogP contribution < -0.4 is 4.84 Å². The molecule has 21 heavy (non-hydrogen) atoms. The fourth-order valence-electron chi connectivity index (χ4n) is 2.53. The highest BCUT2D eigenvalue weighted by Gasteiger charge is 2.12. The number of rotatable bonds is 4. The van der Waals surface area contributed by atoms with Crippen LogP contribution in [-0.4, -0.2) is 23.1 Å². The van der Waals surface area contributed by atoms with E-state index in [1.165, 1.54) is 24.8 Å². The van der Waals surface area contributed by atoms with Crippen LogP contribution in [0.15, 0.2) is 42.6 Å². The molecule has 1 aromatic carbocycles. The van der Waals surface area contributed by atoms with Gasteiger partial charge in [0.05, 0.1) is 0 Å². The molecule has 1 saturated heterocycles. The molecular weight excluding hydrogens is 284 g/mol. The highest BCUT2D eigenvalue weighted by molar-refractivity contribution is 6.30. The SMILES string of the molecule is Clc1ccc(Cc2cc(ON3CCCCC3)ccn2)cc1. The fraction of sp³-hybridized carbons (Fsp3) is 0.353. The van der Waals surface area contributed by atoms with Crippen LogP contribution in [0.2, 0.25) is 5.02 Å². The third kappa shape index (κ3) is 4.19. The van der Waals surface area contributed by atoms with Gasteiger partial charge < -0.3 is 4.84 Å². The van der Waals surface area contributed by atoms with Crippen molar-refractivity contribution in [2.45, 2.75) is 25.7 Å². The van der Waals surface area contributed by atoms with Crippen LogP contribution >= 0.6 is 11.6 Å². The molecule has 0 bridgehead atoms. The third-order valence-electron chi connectivity index (χ3n) is 3.64. The van der Waals surface area contributed by atoms with E-state index in [9.17, 15) is 0 Å². The first-order valence-corrected chi connectivity index (χ1v) is 7.80. The molecule has 0 aliphatic carbocycles. The lowest BCUT2D eigenvalue weighted by molar-refractivity contribution is -0.0721. The van der Waals surface area contributed by atoms with Gasteiger partial charge in [0.2, 0.25) is 0 Å². The summed E-state index contributed by atoms with van der Waals surface area (Å²) in [5.41, 5.74) is 2.20. The Morgan fingerprint density at radius 2 is 1.81 bits per heavy atom. The zero-order valence-corrected chi connectivity index (χ0v) is 12.7. The van der Waals surface area contributed by atoms with Gasteiger partial charge in [0.25, 0.3) is 0 Å². The molecule has 0 radical (unpaired) electrons. The molecule has 0 spiro atoms. The number of hydrogen-bond donors (Lipinski definition) is 0. The number of pyridine rings is 1. The zero-order valence-electron chi connectivity index (χ0n) is 12.0. The molecule has 0 saturated carbocycles. The molecule has 1 aromatic heterocycles. The highest BCUT2D eigenvalue weighted by Crippen LogP contribution is 2.18. The standard InChI is InChI=1S/C17H19ClN2O/c18-15-6-4-14(5-7-15)12-16-13-17(8-9-19-16)21-20-10-2-1-3-11-20/h4-9,13H,1-3,10-12H2.